The molecule has 0 aliphatic rings. The number of benzene rings is 1. The highest BCUT2D eigenvalue weighted by molar-refractivity contribution is 5.65. The third-order valence-corrected chi connectivity index (χ3v) is 2.00. The first kappa shape index (κ1) is 11.5. The van der Waals surface area contributed by atoms with E-state index in [2.05, 4.69) is 0 Å². The van der Waals surface area contributed by atoms with Crippen molar-refractivity contribution in [2.45, 2.75) is 19.5 Å². The van der Waals surface area contributed by atoms with Crippen LogP contribution in [0.3, 0.4) is 0 Å². The maximum Gasteiger partial charge on any atom is 0.407 e. The Labute approximate surface area is 89.3 Å². The summed E-state index contributed by atoms with van der Waals surface area (Å²) in [6.07, 6.45) is -0.934. The van der Waals surface area contributed by atoms with Crippen LogP contribution >= 0.6 is 0 Å². The van der Waals surface area contributed by atoms with Crippen LogP contribution in [0.4, 0.5) is 4.79 Å². The third-order valence-electron chi connectivity index (χ3n) is 2.00. The molecular formula is C11H16N2O2. The van der Waals surface area contributed by atoms with Crippen LogP contribution in [-0.2, 0) is 6.54 Å². The van der Waals surface area contributed by atoms with Crippen LogP contribution in [0.5, 0.6) is 0 Å². The molecule has 3 N–H and O–H groups in total. The van der Waals surface area contributed by atoms with E-state index < -0.39 is 6.09 Å². The fraction of sp³-hybridized carbons (Fsp3) is 0.364. The Kier molecular flexibility index (Phi) is 4.12. The van der Waals surface area contributed by atoms with Gasteiger partial charge in [0.2, 0.25) is 0 Å². The van der Waals surface area contributed by atoms with Gasteiger partial charge < -0.3 is 15.7 Å². The number of hydrogen-bond donors (Lipinski definition) is 2. The molecule has 0 radical (unpaired) electrons. The van der Waals surface area contributed by atoms with Gasteiger partial charge in [-0.3, -0.25) is 0 Å². The minimum Gasteiger partial charge on any atom is -0.465 e. The van der Waals surface area contributed by atoms with E-state index in [1.807, 2.05) is 30.3 Å². The molecule has 1 amide bonds. The van der Waals surface area contributed by atoms with Crippen LogP contribution in [0.15, 0.2) is 30.3 Å². The Hall–Kier alpha value is -1.55. The van der Waals surface area contributed by atoms with Gasteiger partial charge >= 0.3 is 6.09 Å². The van der Waals surface area contributed by atoms with Crippen molar-refractivity contribution in [2.24, 2.45) is 5.73 Å². The lowest BCUT2D eigenvalue weighted by Crippen LogP contribution is -2.38. The predicted octanol–water partition coefficient (Wildman–Crippen LogP) is 1.51. The first-order valence-corrected chi connectivity index (χ1v) is 4.87. The van der Waals surface area contributed by atoms with E-state index in [9.17, 15) is 4.79 Å². The Morgan fingerprint density at radius 1 is 1.47 bits per heavy atom. The fourth-order valence-electron chi connectivity index (χ4n) is 1.36. The minimum atomic E-state index is -0.934. The van der Waals surface area contributed by atoms with E-state index in [-0.39, 0.29) is 6.04 Å². The van der Waals surface area contributed by atoms with Crippen molar-refractivity contribution in [1.82, 2.24) is 4.90 Å². The Bertz CT molecular complexity index is 312. The summed E-state index contributed by atoms with van der Waals surface area (Å²) in [7, 11) is 0. The molecule has 1 rings (SSSR count). The Balaban J connectivity index is 2.63. The second kappa shape index (κ2) is 5.36. The largest absolute Gasteiger partial charge is 0.465 e. The standard InChI is InChI=1S/C11H16N2O2/c1-9(12)7-13(11(14)15)8-10-5-3-2-4-6-10/h2-6,9H,7-8,12H2,1H3,(H,14,15)/t9-/m0/s1. The molecule has 0 saturated carbocycles. The Morgan fingerprint density at radius 2 is 2.07 bits per heavy atom. The van der Waals surface area contributed by atoms with E-state index >= 15 is 0 Å². The molecule has 1 atom stereocenters. The molecule has 0 bridgehead atoms. The van der Waals surface area contributed by atoms with Crippen molar-refractivity contribution in [3.63, 3.8) is 0 Å². The molecule has 0 heterocycles. The van der Waals surface area contributed by atoms with Crippen LogP contribution in [0.25, 0.3) is 0 Å². The normalized spacial score (nSPS) is 12.1. The van der Waals surface area contributed by atoms with Gasteiger partial charge in [0.25, 0.3) is 0 Å². The summed E-state index contributed by atoms with van der Waals surface area (Å²) in [5.41, 5.74) is 6.55. The highest BCUT2D eigenvalue weighted by atomic mass is 16.4. The number of nitrogens with zero attached hydrogens (tertiary/aromatic N) is 1. The van der Waals surface area contributed by atoms with Crippen molar-refractivity contribution in [2.75, 3.05) is 6.54 Å². The number of hydrogen-bond acceptors (Lipinski definition) is 2. The summed E-state index contributed by atoms with van der Waals surface area (Å²) in [4.78, 5) is 12.2. The average molecular weight is 208 g/mol. The molecule has 0 aliphatic carbocycles. The van der Waals surface area contributed by atoms with Gasteiger partial charge in [0.05, 0.1) is 0 Å². The van der Waals surface area contributed by atoms with Gasteiger partial charge in [-0.1, -0.05) is 30.3 Å². The number of carboxylic acid groups (broad SMARTS) is 1. The SMILES string of the molecule is C[C@H](N)CN(Cc1ccccc1)C(=O)O. The zero-order chi connectivity index (χ0) is 11.3. The quantitative estimate of drug-likeness (QED) is 0.788. The van der Waals surface area contributed by atoms with E-state index in [1.165, 1.54) is 4.90 Å². The van der Waals surface area contributed by atoms with Crippen molar-refractivity contribution in [1.29, 1.82) is 0 Å². The number of rotatable bonds is 4. The molecule has 1 aromatic rings. The van der Waals surface area contributed by atoms with Gasteiger partial charge in [-0.2, -0.15) is 0 Å². The predicted molar refractivity (Wildman–Crippen MR) is 58.5 cm³/mol. The van der Waals surface area contributed by atoms with E-state index in [0.29, 0.717) is 13.1 Å². The van der Waals surface area contributed by atoms with Crippen LogP contribution in [0.2, 0.25) is 0 Å². The molecule has 0 aromatic heterocycles. The Morgan fingerprint density at radius 3 is 2.53 bits per heavy atom. The molecule has 1 aromatic carbocycles. The molecule has 0 unspecified atom stereocenters. The zero-order valence-corrected chi connectivity index (χ0v) is 8.76. The second-order valence-corrected chi connectivity index (χ2v) is 3.63. The van der Waals surface area contributed by atoms with Gasteiger partial charge in [-0.15, -0.1) is 0 Å². The fourth-order valence-corrected chi connectivity index (χ4v) is 1.36. The van der Waals surface area contributed by atoms with Gasteiger partial charge in [0.1, 0.15) is 0 Å². The minimum absolute atomic E-state index is 0.148. The lowest BCUT2D eigenvalue weighted by atomic mass is 10.2. The maximum absolute atomic E-state index is 10.9. The summed E-state index contributed by atoms with van der Waals surface area (Å²) in [6, 6.07) is 9.33. The zero-order valence-electron chi connectivity index (χ0n) is 8.76. The maximum atomic E-state index is 10.9. The monoisotopic (exact) mass is 208 g/mol. The number of nitrogens with two attached hydrogens (primary N) is 1. The van der Waals surface area contributed by atoms with Gasteiger partial charge in [-0.25, -0.2) is 4.79 Å². The van der Waals surface area contributed by atoms with Gasteiger partial charge in [-0.05, 0) is 12.5 Å². The molecule has 4 heteroatoms. The summed E-state index contributed by atoms with van der Waals surface area (Å²) >= 11 is 0. The first-order chi connectivity index (χ1) is 7.09. The van der Waals surface area contributed by atoms with Gasteiger partial charge in [0.15, 0.2) is 0 Å². The lowest BCUT2D eigenvalue weighted by Gasteiger charge is -2.21. The molecular weight excluding hydrogens is 192 g/mol. The van der Waals surface area contributed by atoms with Crippen LogP contribution in [0, 0.1) is 0 Å². The van der Waals surface area contributed by atoms with Crippen LogP contribution < -0.4 is 5.73 Å². The number of amides is 1. The first-order valence-electron chi connectivity index (χ1n) is 4.87. The van der Waals surface area contributed by atoms with E-state index in [4.69, 9.17) is 10.8 Å². The molecule has 0 aliphatic heterocycles. The topological polar surface area (TPSA) is 66.6 Å². The summed E-state index contributed by atoms with van der Waals surface area (Å²) < 4.78 is 0. The van der Waals surface area contributed by atoms with Crippen LogP contribution in [-0.4, -0.2) is 28.7 Å². The van der Waals surface area contributed by atoms with E-state index in [0.717, 1.165) is 5.56 Å². The summed E-state index contributed by atoms with van der Waals surface area (Å²) in [6.45, 7) is 2.53. The van der Waals surface area contributed by atoms with Crippen molar-refractivity contribution < 1.29 is 9.90 Å². The van der Waals surface area contributed by atoms with Crippen molar-refractivity contribution in [3.05, 3.63) is 35.9 Å². The molecule has 0 spiro atoms. The van der Waals surface area contributed by atoms with Crippen molar-refractivity contribution >= 4 is 6.09 Å². The molecule has 0 saturated heterocycles. The van der Waals surface area contributed by atoms with E-state index in [1.54, 1.807) is 6.92 Å². The summed E-state index contributed by atoms with van der Waals surface area (Å²) in [5, 5.41) is 8.95. The van der Waals surface area contributed by atoms with Crippen LogP contribution in [0.1, 0.15) is 12.5 Å². The molecule has 4 nitrogen and oxygen atoms in total. The van der Waals surface area contributed by atoms with Gasteiger partial charge in [0, 0.05) is 19.1 Å². The highest BCUT2D eigenvalue weighted by Crippen LogP contribution is 2.04. The average Bonchev–Trinajstić information content (AvgIpc) is 2.17. The smallest absolute Gasteiger partial charge is 0.407 e. The second-order valence-electron chi connectivity index (χ2n) is 3.63. The highest BCUT2D eigenvalue weighted by Gasteiger charge is 2.13. The molecule has 82 valence electrons. The molecule has 15 heavy (non-hydrogen) atoms. The third kappa shape index (κ3) is 3.99. The number of carbonyl (C=O) groups is 1. The lowest BCUT2D eigenvalue weighted by molar-refractivity contribution is 0.140. The van der Waals surface area contributed by atoms with Crippen molar-refractivity contribution in [3.8, 4) is 0 Å². The molecule has 0 fully saturated rings. The summed E-state index contributed by atoms with van der Waals surface area (Å²) in [5.74, 6) is 0.